The number of carbonyl (C=O) groups excluding carboxylic acids is 1. The van der Waals surface area contributed by atoms with Crippen LogP contribution in [0.4, 0.5) is 5.69 Å². The van der Waals surface area contributed by atoms with Gasteiger partial charge in [0.15, 0.2) is 0 Å². The summed E-state index contributed by atoms with van der Waals surface area (Å²) in [6.45, 7) is 0. The minimum atomic E-state index is -0.128. The molecule has 2 rings (SSSR count). The van der Waals surface area contributed by atoms with Crippen LogP contribution in [0.3, 0.4) is 0 Å². The Morgan fingerprint density at radius 1 is 1.27 bits per heavy atom. The predicted molar refractivity (Wildman–Crippen MR) is 98.1 cm³/mol. The molecule has 22 heavy (non-hydrogen) atoms. The maximum atomic E-state index is 11.9. The molecule has 0 spiro atoms. The van der Waals surface area contributed by atoms with Gasteiger partial charge in [0.25, 0.3) is 0 Å². The standard InChI is InChI=1S/C15H13BrCl2N2OS/c16-10-7-12(17)15(13(18)8-10)20-14(21)9-22-6-4-11-3-1-2-5-19-11/h1-3,5,7-8H,4,6,9H2,(H,20,21). The van der Waals surface area contributed by atoms with Crippen molar-refractivity contribution < 1.29 is 4.79 Å². The van der Waals surface area contributed by atoms with Crippen molar-refractivity contribution in [3.05, 3.63) is 56.7 Å². The van der Waals surface area contributed by atoms with Crippen LogP contribution >= 0.6 is 50.9 Å². The van der Waals surface area contributed by atoms with Crippen molar-refractivity contribution >= 4 is 62.5 Å². The number of pyridine rings is 1. The maximum Gasteiger partial charge on any atom is 0.234 e. The molecule has 0 unspecified atom stereocenters. The normalized spacial score (nSPS) is 10.5. The van der Waals surface area contributed by atoms with E-state index in [0.29, 0.717) is 21.5 Å². The lowest BCUT2D eigenvalue weighted by molar-refractivity contribution is -0.113. The van der Waals surface area contributed by atoms with Gasteiger partial charge >= 0.3 is 0 Å². The van der Waals surface area contributed by atoms with E-state index >= 15 is 0 Å². The quantitative estimate of drug-likeness (QED) is 0.665. The van der Waals surface area contributed by atoms with E-state index in [1.165, 1.54) is 0 Å². The summed E-state index contributed by atoms with van der Waals surface area (Å²) in [7, 11) is 0. The van der Waals surface area contributed by atoms with Crippen molar-refractivity contribution in [3.63, 3.8) is 0 Å². The molecular weight excluding hydrogens is 407 g/mol. The second-order valence-corrected chi connectivity index (χ2v) is 7.25. The number of hydrogen-bond acceptors (Lipinski definition) is 3. The van der Waals surface area contributed by atoms with Crippen molar-refractivity contribution in [3.8, 4) is 0 Å². The Balaban J connectivity index is 1.79. The molecule has 1 heterocycles. The van der Waals surface area contributed by atoms with Crippen molar-refractivity contribution in [1.82, 2.24) is 4.98 Å². The van der Waals surface area contributed by atoms with Crippen LogP contribution in [-0.2, 0) is 11.2 Å². The first kappa shape index (κ1) is 17.6. The van der Waals surface area contributed by atoms with E-state index < -0.39 is 0 Å². The van der Waals surface area contributed by atoms with Gasteiger partial charge < -0.3 is 5.32 Å². The number of anilines is 1. The van der Waals surface area contributed by atoms with Gasteiger partial charge in [-0.05, 0) is 36.4 Å². The summed E-state index contributed by atoms with van der Waals surface area (Å²) < 4.78 is 0.769. The molecule has 0 saturated carbocycles. The Hall–Kier alpha value is -0.750. The first-order valence-corrected chi connectivity index (χ1v) is 9.18. The van der Waals surface area contributed by atoms with Gasteiger partial charge in [-0.25, -0.2) is 0 Å². The second-order valence-electron chi connectivity index (χ2n) is 4.42. The Bertz CT molecular complexity index is 632. The lowest BCUT2D eigenvalue weighted by Gasteiger charge is -2.09. The first-order valence-electron chi connectivity index (χ1n) is 6.48. The van der Waals surface area contributed by atoms with E-state index in [2.05, 4.69) is 26.2 Å². The van der Waals surface area contributed by atoms with Gasteiger partial charge in [0, 0.05) is 16.4 Å². The zero-order valence-corrected chi connectivity index (χ0v) is 15.4. The zero-order chi connectivity index (χ0) is 15.9. The topological polar surface area (TPSA) is 42.0 Å². The molecule has 1 N–H and O–H groups in total. The molecule has 0 fully saturated rings. The Morgan fingerprint density at radius 2 is 2.00 bits per heavy atom. The van der Waals surface area contributed by atoms with Gasteiger partial charge in [0.1, 0.15) is 0 Å². The highest BCUT2D eigenvalue weighted by molar-refractivity contribution is 9.10. The minimum absolute atomic E-state index is 0.128. The summed E-state index contributed by atoms with van der Waals surface area (Å²) in [5, 5.41) is 3.56. The fraction of sp³-hybridized carbons (Fsp3) is 0.200. The number of nitrogens with zero attached hydrogens (tertiary/aromatic N) is 1. The SMILES string of the molecule is O=C(CSCCc1ccccn1)Nc1c(Cl)cc(Br)cc1Cl. The first-order chi connectivity index (χ1) is 10.6. The molecule has 0 aliphatic carbocycles. The number of hydrogen-bond donors (Lipinski definition) is 1. The van der Waals surface area contributed by atoms with Crippen LogP contribution in [0.5, 0.6) is 0 Å². The molecule has 2 aromatic rings. The summed E-state index contributed by atoms with van der Waals surface area (Å²) in [5.74, 6) is 1.04. The number of carbonyl (C=O) groups is 1. The molecule has 0 radical (unpaired) electrons. The van der Waals surface area contributed by atoms with Gasteiger partial charge in [-0.3, -0.25) is 9.78 Å². The van der Waals surface area contributed by atoms with Crippen molar-refractivity contribution in [2.75, 3.05) is 16.8 Å². The molecule has 0 aliphatic rings. The molecule has 0 aliphatic heterocycles. The monoisotopic (exact) mass is 418 g/mol. The highest BCUT2D eigenvalue weighted by atomic mass is 79.9. The number of aromatic nitrogens is 1. The third-order valence-electron chi connectivity index (χ3n) is 2.73. The summed E-state index contributed by atoms with van der Waals surface area (Å²) >= 11 is 17.0. The second kappa shape index (κ2) is 8.77. The van der Waals surface area contributed by atoms with Gasteiger partial charge in [-0.1, -0.05) is 45.2 Å². The molecular formula is C15H13BrCl2N2OS. The van der Waals surface area contributed by atoms with Crippen molar-refractivity contribution in [2.24, 2.45) is 0 Å². The predicted octanol–water partition coefficient (Wildman–Crippen LogP) is 5.07. The van der Waals surface area contributed by atoms with Gasteiger partial charge in [-0.2, -0.15) is 11.8 Å². The van der Waals surface area contributed by atoms with E-state index in [1.807, 2.05) is 18.2 Å². The highest BCUT2D eigenvalue weighted by Gasteiger charge is 2.11. The number of amides is 1. The van der Waals surface area contributed by atoms with E-state index in [9.17, 15) is 4.79 Å². The van der Waals surface area contributed by atoms with E-state index in [4.69, 9.17) is 23.2 Å². The molecule has 3 nitrogen and oxygen atoms in total. The van der Waals surface area contributed by atoms with Crippen LogP contribution in [-0.4, -0.2) is 22.4 Å². The molecule has 7 heteroatoms. The highest BCUT2D eigenvalue weighted by Crippen LogP contribution is 2.33. The molecule has 0 bridgehead atoms. The van der Waals surface area contributed by atoms with Crippen LogP contribution in [0.1, 0.15) is 5.69 Å². The number of nitrogens with one attached hydrogen (secondary N) is 1. The number of halogens is 3. The molecule has 116 valence electrons. The van der Waals surface area contributed by atoms with Crippen LogP contribution in [0, 0.1) is 0 Å². The Kier molecular flexibility index (Phi) is 7.02. The lowest BCUT2D eigenvalue weighted by Crippen LogP contribution is -2.15. The van der Waals surface area contributed by atoms with Crippen molar-refractivity contribution in [1.29, 1.82) is 0 Å². The summed E-state index contributed by atoms with van der Waals surface area (Å²) in [6, 6.07) is 9.20. The van der Waals surface area contributed by atoms with E-state index in [1.54, 1.807) is 30.1 Å². The number of rotatable bonds is 6. The molecule has 0 saturated heterocycles. The van der Waals surface area contributed by atoms with Gasteiger partial charge in [0.2, 0.25) is 5.91 Å². The lowest BCUT2D eigenvalue weighted by atomic mass is 10.3. The van der Waals surface area contributed by atoms with Crippen LogP contribution < -0.4 is 5.32 Å². The van der Waals surface area contributed by atoms with Crippen LogP contribution in [0.2, 0.25) is 10.0 Å². The van der Waals surface area contributed by atoms with Gasteiger partial charge in [0.05, 0.1) is 21.5 Å². The van der Waals surface area contributed by atoms with E-state index in [-0.39, 0.29) is 5.91 Å². The van der Waals surface area contributed by atoms with E-state index in [0.717, 1.165) is 22.3 Å². The van der Waals surface area contributed by atoms with Crippen molar-refractivity contribution in [2.45, 2.75) is 6.42 Å². The molecule has 1 aromatic carbocycles. The molecule has 1 aromatic heterocycles. The molecule has 1 amide bonds. The Labute approximate surface area is 151 Å². The summed E-state index contributed by atoms with van der Waals surface area (Å²) in [6.07, 6.45) is 2.60. The molecule has 0 atom stereocenters. The zero-order valence-electron chi connectivity index (χ0n) is 11.5. The van der Waals surface area contributed by atoms with Crippen LogP contribution in [0.25, 0.3) is 0 Å². The largest absolute Gasteiger partial charge is 0.323 e. The maximum absolute atomic E-state index is 11.9. The Morgan fingerprint density at radius 3 is 2.64 bits per heavy atom. The number of thioether (sulfide) groups is 1. The average Bonchev–Trinajstić information content (AvgIpc) is 2.48. The summed E-state index contributed by atoms with van der Waals surface area (Å²) in [4.78, 5) is 16.2. The minimum Gasteiger partial charge on any atom is -0.323 e. The third-order valence-corrected chi connectivity index (χ3v) is 4.75. The third kappa shape index (κ3) is 5.47. The fourth-order valence-corrected chi connectivity index (χ4v) is 3.78. The fourth-order valence-electron chi connectivity index (χ4n) is 1.72. The average molecular weight is 420 g/mol. The van der Waals surface area contributed by atoms with Crippen LogP contribution in [0.15, 0.2) is 41.0 Å². The number of aryl methyl sites for hydroxylation is 1. The summed E-state index contributed by atoms with van der Waals surface area (Å²) in [5.41, 5.74) is 1.47. The van der Waals surface area contributed by atoms with Gasteiger partial charge in [-0.15, -0.1) is 0 Å². The number of benzene rings is 1. The smallest absolute Gasteiger partial charge is 0.234 e.